The van der Waals surface area contributed by atoms with Gasteiger partial charge in [-0.1, -0.05) is 77.3 Å². The third-order valence-electron chi connectivity index (χ3n) is 9.69. The minimum absolute atomic E-state index is 0.0208. The van der Waals surface area contributed by atoms with Crippen LogP contribution in [0.1, 0.15) is 53.4 Å². The van der Waals surface area contributed by atoms with E-state index in [0.29, 0.717) is 5.02 Å². The van der Waals surface area contributed by atoms with Gasteiger partial charge in [0.05, 0.1) is 20.3 Å². The molecule has 234 valence electrons. The molecule has 0 aromatic heterocycles. The minimum atomic E-state index is -4.06. The monoisotopic (exact) mass is 664 g/mol. The zero-order chi connectivity index (χ0) is 32.1. The molecule has 9 heteroatoms. The van der Waals surface area contributed by atoms with Gasteiger partial charge in [-0.2, -0.15) is 0 Å². The lowest BCUT2D eigenvalue weighted by atomic mass is 9.61. The van der Waals surface area contributed by atoms with Gasteiger partial charge < -0.3 is 0 Å². The van der Waals surface area contributed by atoms with Gasteiger partial charge in [0.2, 0.25) is 0 Å². The summed E-state index contributed by atoms with van der Waals surface area (Å²) in [7, 11) is -8.09. The van der Waals surface area contributed by atoms with Crippen molar-refractivity contribution in [3.05, 3.63) is 130 Å². The van der Waals surface area contributed by atoms with Crippen LogP contribution in [0.3, 0.4) is 0 Å². The number of carbonyl (C=O) groups excluding carboxylic acids is 1. The molecule has 0 aliphatic heterocycles. The fourth-order valence-electron chi connectivity index (χ4n) is 7.41. The summed E-state index contributed by atoms with van der Waals surface area (Å²) in [6, 6.07) is 26.1. The number of aryl methyl sites for hydroxylation is 2. The van der Waals surface area contributed by atoms with Gasteiger partial charge in [-0.15, -0.1) is 0 Å². The second-order valence-corrected chi connectivity index (χ2v) is 17.1. The van der Waals surface area contributed by atoms with Gasteiger partial charge in [0.25, 0.3) is 0 Å². The highest BCUT2D eigenvalue weighted by atomic mass is 35.5. The molecular weight excluding hydrogens is 631 g/mol. The molecule has 0 bridgehead atoms. The molecular formula is C36H34ClFO5S2. The molecule has 45 heavy (non-hydrogen) atoms. The number of sulfone groups is 2. The Hall–Kier alpha value is -3.33. The molecule has 2 aliphatic rings. The van der Waals surface area contributed by atoms with E-state index in [4.69, 9.17) is 11.6 Å². The van der Waals surface area contributed by atoms with Crippen molar-refractivity contribution >= 4 is 37.1 Å². The second-order valence-electron chi connectivity index (χ2n) is 12.4. The minimum Gasteiger partial charge on any atom is -0.299 e. The van der Waals surface area contributed by atoms with Gasteiger partial charge in [-0.25, -0.2) is 21.2 Å². The van der Waals surface area contributed by atoms with Crippen molar-refractivity contribution < 1.29 is 26.0 Å². The number of fused-ring (bicyclic) bond motifs is 1. The molecule has 0 saturated heterocycles. The summed E-state index contributed by atoms with van der Waals surface area (Å²) in [6.45, 7) is 3.79. The first-order chi connectivity index (χ1) is 21.4. The van der Waals surface area contributed by atoms with Gasteiger partial charge in [0.15, 0.2) is 19.7 Å². The molecule has 0 spiro atoms. The lowest BCUT2D eigenvalue weighted by molar-refractivity contribution is -0.128. The maximum atomic E-state index is 15.5. The van der Waals surface area contributed by atoms with E-state index in [0.717, 1.165) is 16.7 Å². The van der Waals surface area contributed by atoms with Gasteiger partial charge in [-0.3, -0.25) is 4.79 Å². The van der Waals surface area contributed by atoms with Crippen molar-refractivity contribution in [2.75, 3.05) is 0 Å². The van der Waals surface area contributed by atoms with Crippen molar-refractivity contribution in [1.82, 2.24) is 0 Å². The van der Waals surface area contributed by atoms with Crippen LogP contribution in [0.2, 0.25) is 5.02 Å². The van der Waals surface area contributed by atoms with Gasteiger partial charge >= 0.3 is 0 Å². The van der Waals surface area contributed by atoms with E-state index in [2.05, 4.69) is 0 Å². The third-order valence-corrected chi connectivity index (χ3v) is 14.5. The molecule has 2 fully saturated rings. The maximum absolute atomic E-state index is 15.5. The van der Waals surface area contributed by atoms with Gasteiger partial charge in [-0.05, 0) is 86.2 Å². The highest BCUT2D eigenvalue weighted by Crippen LogP contribution is 2.54. The Balaban J connectivity index is 1.52. The Morgan fingerprint density at radius 3 is 1.84 bits per heavy atom. The third kappa shape index (κ3) is 5.88. The van der Waals surface area contributed by atoms with E-state index in [1.54, 1.807) is 42.5 Å². The lowest BCUT2D eigenvalue weighted by Gasteiger charge is -2.48. The van der Waals surface area contributed by atoms with Crippen LogP contribution >= 0.6 is 11.6 Å². The zero-order valence-electron chi connectivity index (χ0n) is 24.9. The van der Waals surface area contributed by atoms with E-state index >= 15 is 4.39 Å². The lowest BCUT2D eigenvalue weighted by Crippen LogP contribution is -2.53. The van der Waals surface area contributed by atoms with Crippen LogP contribution in [-0.4, -0.2) is 33.1 Å². The topological polar surface area (TPSA) is 85.3 Å². The number of benzene rings is 4. The number of halogens is 2. The average Bonchev–Trinajstić information content (AvgIpc) is 3.01. The molecule has 4 aromatic carbocycles. The number of carbonyl (C=O) groups is 1. The molecule has 0 amide bonds. The standard InChI is InChI=1S/C36H34ClFO5S2/c1-22-7-11-24(12-8-22)29-20-34(39)30-21-35(44(40,41)26-15-9-23(2)10-16-26)31(28-5-3-4-6-33(28)38)19-32(30)36(29)45(42,43)27-17-13-25(37)14-18-27/h3-18,29-32,35-36H,19-21H2,1-2H3/t29-,30+,31-,32-,35?,36?/m0/s1. The Bertz CT molecular complexity index is 1940. The van der Waals surface area contributed by atoms with E-state index in [9.17, 15) is 21.6 Å². The fourth-order valence-corrected chi connectivity index (χ4v) is 11.8. The SMILES string of the molecule is Cc1ccc([C@@H]2CC(=O)[C@@H]3CC(S(=O)(=O)c4ccc(C)cc4)[C@H](c4ccccc4F)C[C@@H]3C2S(=O)(=O)c2ccc(Cl)cc2)cc1. The van der Waals surface area contributed by atoms with Crippen LogP contribution in [0.4, 0.5) is 4.39 Å². The molecule has 6 atom stereocenters. The number of hydrogen-bond acceptors (Lipinski definition) is 5. The first kappa shape index (κ1) is 31.6. The van der Waals surface area contributed by atoms with E-state index in [1.807, 2.05) is 38.1 Å². The predicted octanol–water partition coefficient (Wildman–Crippen LogP) is 7.65. The van der Waals surface area contributed by atoms with Crippen LogP contribution in [-0.2, 0) is 24.5 Å². The fraction of sp³-hybridized carbons (Fsp3) is 0.306. The van der Waals surface area contributed by atoms with Crippen LogP contribution in [0.5, 0.6) is 0 Å². The number of hydrogen-bond donors (Lipinski definition) is 0. The van der Waals surface area contributed by atoms with E-state index in [1.165, 1.54) is 30.3 Å². The Kier molecular flexibility index (Phi) is 8.52. The molecule has 2 aliphatic carbocycles. The molecule has 2 unspecified atom stereocenters. The van der Waals surface area contributed by atoms with Crippen LogP contribution in [0.25, 0.3) is 0 Å². The van der Waals surface area contributed by atoms with E-state index in [-0.39, 0.29) is 40.4 Å². The highest BCUT2D eigenvalue weighted by Gasteiger charge is 2.56. The van der Waals surface area contributed by atoms with Crippen molar-refractivity contribution in [3.63, 3.8) is 0 Å². The summed E-state index contributed by atoms with van der Waals surface area (Å²) in [5, 5.41) is -1.76. The molecule has 0 N–H and O–H groups in total. The summed E-state index contributed by atoms with van der Waals surface area (Å²) >= 11 is 6.10. The number of rotatable bonds is 6. The van der Waals surface area contributed by atoms with Crippen molar-refractivity contribution in [1.29, 1.82) is 0 Å². The van der Waals surface area contributed by atoms with Crippen molar-refractivity contribution in [2.45, 2.75) is 65.2 Å². The Morgan fingerprint density at radius 2 is 1.22 bits per heavy atom. The molecule has 5 nitrogen and oxygen atoms in total. The summed E-state index contributed by atoms with van der Waals surface area (Å²) in [6.07, 6.45) is -0.109. The van der Waals surface area contributed by atoms with Crippen LogP contribution < -0.4 is 0 Å². The Morgan fingerprint density at radius 1 is 0.667 bits per heavy atom. The van der Waals surface area contributed by atoms with Crippen LogP contribution in [0, 0.1) is 31.5 Å². The molecule has 6 rings (SSSR count). The molecule has 2 saturated carbocycles. The Labute approximate surface area is 269 Å². The quantitative estimate of drug-likeness (QED) is 0.211. The normalized spacial score (nSPS) is 25.5. The average molecular weight is 665 g/mol. The predicted molar refractivity (Wildman–Crippen MR) is 173 cm³/mol. The molecule has 0 radical (unpaired) electrons. The molecule has 4 aromatic rings. The number of Topliss-reactive ketones (excluding diaryl/α,β-unsaturated/α-hetero) is 1. The van der Waals surface area contributed by atoms with E-state index < -0.39 is 59.7 Å². The van der Waals surface area contributed by atoms with Crippen molar-refractivity contribution in [3.8, 4) is 0 Å². The summed E-state index contributed by atoms with van der Waals surface area (Å²) < 4.78 is 73.2. The van der Waals surface area contributed by atoms with Gasteiger partial charge in [0, 0.05) is 29.2 Å². The summed E-state index contributed by atoms with van der Waals surface area (Å²) in [5.41, 5.74) is 2.83. The second kappa shape index (κ2) is 12.1. The van der Waals surface area contributed by atoms with Crippen LogP contribution in [0.15, 0.2) is 107 Å². The largest absolute Gasteiger partial charge is 0.299 e. The summed E-state index contributed by atoms with van der Waals surface area (Å²) in [4.78, 5) is 14.2. The highest BCUT2D eigenvalue weighted by molar-refractivity contribution is 7.92. The maximum Gasteiger partial charge on any atom is 0.182 e. The summed E-state index contributed by atoms with van der Waals surface area (Å²) in [5.74, 6) is -3.82. The smallest absolute Gasteiger partial charge is 0.182 e. The zero-order valence-corrected chi connectivity index (χ0v) is 27.3. The van der Waals surface area contributed by atoms with Crippen molar-refractivity contribution in [2.24, 2.45) is 11.8 Å². The first-order valence-electron chi connectivity index (χ1n) is 15.0. The first-order valence-corrected chi connectivity index (χ1v) is 18.5. The van der Waals surface area contributed by atoms with Gasteiger partial charge in [0.1, 0.15) is 11.6 Å². The molecule has 0 heterocycles. The number of ketones is 1.